The predicted molar refractivity (Wildman–Crippen MR) is 75.9 cm³/mol. The lowest BCUT2D eigenvalue weighted by Crippen LogP contribution is -2.03. The molecule has 1 nitrogen and oxygen atoms in total. The van der Waals surface area contributed by atoms with Crippen LogP contribution in [0.4, 0.5) is 0 Å². The van der Waals surface area contributed by atoms with Crippen molar-refractivity contribution in [1.29, 1.82) is 0 Å². The molecule has 0 aliphatic heterocycles. The first kappa shape index (κ1) is 13.4. The smallest absolute Gasteiger partial charge is 0.167 e. The number of halogens is 3. The highest BCUT2D eigenvalue weighted by Gasteiger charge is 2.08. The van der Waals surface area contributed by atoms with Crippen molar-refractivity contribution in [3.05, 3.63) is 68.7 Å². The highest BCUT2D eigenvalue weighted by atomic mass is 35.5. The van der Waals surface area contributed by atoms with E-state index in [-0.39, 0.29) is 12.2 Å². The van der Waals surface area contributed by atoms with Crippen molar-refractivity contribution in [1.82, 2.24) is 0 Å². The van der Waals surface area contributed by atoms with Crippen LogP contribution in [-0.2, 0) is 6.42 Å². The molecule has 0 N–H and O–H groups in total. The number of ketones is 1. The zero-order valence-corrected chi connectivity index (χ0v) is 11.6. The van der Waals surface area contributed by atoms with Crippen LogP contribution >= 0.6 is 34.8 Å². The predicted octanol–water partition coefficient (Wildman–Crippen LogP) is 5.07. The van der Waals surface area contributed by atoms with E-state index in [1.807, 2.05) is 0 Å². The van der Waals surface area contributed by atoms with Gasteiger partial charge in [-0.25, -0.2) is 0 Å². The fourth-order valence-corrected chi connectivity index (χ4v) is 2.42. The number of benzene rings is 2. The Morgan fingerprint density at radius 3 is 2.17 bits per heavy atom. The third kappa shape index (κ3) is 3.49. The van der Waals surface area contributed by atoms with Crippen molar-refractivity contribution in [2.45, 2.75) is 6.42 Å². The van der Waals surface area contributed by atoms with Gasteiger partial charge >= 0.3 is 0 Å². The largest absolute Gasteiger partial charge is 0.294 e. The molecule has 4 heteroatoms. The second-order valence-corrected chi connectivity index (χ2v) is 5.20. The zero-order chi connectivity index (χ0) is 13.1. The first-order valence-corrected chi connectivity index (χ1v) is 6.42. The molecule has 0 amide bonds. The summed E-state index contributed by atoms with van der Waals surface area (Å²) in [5.74, 6) is -0.0177. The van der Waals surface area contributed by atoms with Gasteiger partial charge in [-0.15, -0.1) is 0 Å². The van der Waals surface area contributed by atoms with Crippen molar-refractivity contribution >= 4 is 40.6 Å². The maximum Gasteiger partial charge on any atom is 0.167 e. The SMILES string of the molecule is O=C(Cc1cc(Cl)cc(Cl)c1)c1cccc(Cl)c1. The van der Waals surface area contributed by atoms with E-state index in [0.717, 1.165) is 5.56 Å². The average molecular weight is 300 g/mol. The number of hydrogen-bond donors (Lipinski definition) is 0. The van der Waals surface area contributed by atoms with Crippen LogP contribution in [0.15, 0.2) is 42.5 Å². The molecule has 2 rings (SSSR count). The summed E-state index contributed by atoms with van der Waals surface area (Å²) in [4.78, 5) is 12.0. The molecule has 0 aliphatic carbocycles. The number of rotatable bonds is 3. The Bertz CT molecular complexity index is 573. The highest BCUT2D eigenvalue weighted by molar-refractivity contribution is 6.34. The summed E-state index contributed by atoms with van der Waals surface area (Å²) in [6.07, 6.45) is 0.251. The first-order chi connectivity index (χ1) is 8.54. The van der Waals surface area contributed by atoms with Crippen molar-refractivity contribution in [2.75, 3.05) is 0 Å². The summed E-state index contributed by atoms with van der Waals surface area (Å²) < 4.78 is 0. The van der Waals surface area contributed by atoms with Crippen molar-refractivity contribution in [3.8, 4) is 0 Å². The van der Waals surface area contributed by atoms with E-state index in [2.05, 4.69) is 0 Å². The van der Waals surface area contributed by atoms with Crippen LogP contribution in [0, 0.1) is 0 Å². The van der Waals surface area contributed by atoms with Gasteiger partial charge in [0, 0.05) is 27.1 Å². The summed E-state index contributed by atoms with van der Waals surface area (Å²) >= 11 is 17.6. The van der Waals surface area contributed by atoms with Gasteiger partial charge in [-0.05, 0) is 35.9 Å². The van der Waals surface area contributed by atoms with Gasteiger partial charge in [-0.1, -0.05) is 46.9 Å². The molecular weight excluding hydrogens is 291 g/mol. The molecule has 0 aromatic heterocycles. The van der Waals surface area contributed by atoms with Crippen molar-refractivity contribution in [3.63, 3.8) is 0 Å². The summed E-state index contributed by atoms with van der Waals surface area (Å²) in [7, 11) is 0. The van der Waals surface area contributed by atoms with Crippen LogP contribution in [0.25, 0.3) is 0 Å². The monoisotopic (exact) mass is 298 g/mol. The minimum absolute atomic E-state index is 0.0177. The van der Waals surface area contributed by atoms with Crippen LogP contribution in [0.3, 0.4) is 0 Å². The maximum absolute atomic E-state index is 12.0. The molecule has 0 fully saturated rings. The molecule has 92 valence electrons. The molecule has 18 heavy (non-hydrogen) atoms. The van der Waals surface area contributed by atoms with E-state index >= 15 is 0 Å². The van der Waals surface area contributed by atoms with E-state index in [0.29, 0.717) is 20.6 Å². The van der Waals surface area contributed by atoms with Gasteiger partial charge in [0.15, 0.2) is 5.78 Å². The van der Waals surface area contributed by atoms with Gasteiger partial charge in [-0.3, -0.25) is 4.79 Å². The Morgan fingerprint density at radius 2 is 1.56 bits per heavy atom. The molecule has 0 heterocycles. The normalized spacial score (nSPS) is 10.4. The summed E-state index contributed by atoms with van der Waals surface area (Å²) in [6, 6.07) is 12.0. The Morgan fingerprint density at radius 1 is 0.889 bits per heavy atom. The van der Waals surface area contributed by atoms with Crippen LogP contribution in [0.1, 0.15) is 15.9 Å². The standard InChI is InChI=1S/C14H9Cl3O/c15-11-3-1-2-10(7-11)14(18)6-9-4-12(16)8-13(17)5-9/h1-5,7-8H,6H2. The highest BCUT2D eigenvalue weighted by Crippen LogP contribution is 2.21. The molecule has 0 spiro atoms. The molecule has 0 unspecified atom stereocenters. The summed E-state index contributed by atoms with van der Waals surface area (Å²) in [5, 5.41) is 1.60. The lowest BCUT2D eigenvalue weighted by Gasteiger charge is -2.03. The third-order valence-electron chi connectivity index (χ3n) is 2.43. The van der Waals surface area contributed by atoms with Gasteiger partial charge in [0.1, 0.15) is 0 Å². The first-order valence-electron chi connectivity index (χ1n) is 5.28. The Kier molecular flexibility index (Phi) is 4.28. The van der Waals surface area contributed by atoms with E-state index in [9.17, 15) is 4.79 Å². The topological polar surface area (TPSA) is 17.1 Å². The molecule has 0 aliphatic rings. The van der Waals surface area contributed by atoms with E-state index in [1.165, 1.54) is 0 Å². The van der Waals surface area contributed by atoms with Gasteiger partial charge in [-0.2, -0.15) is 0 Å². The third-order valence-corrected chi connectivity index (χ3v) is 3.11. The van der Waals surface area contributed by atoms with Gasteiger partial charge in [0.2, 0.25) is 0 Å². The number of carbonyl (C=O) groups excluding carboxylic acids is 1. The quantitative estimate of drug-likeness (QED) is 0.723. The van der Waals surface area contributed by atoms with Crippen LogP contribution in [0.5, 0.6) is 0 Å². The Hall–Kier alpha value is -1.02. The lowest BCUT2D eigenvalue weighted by molar-refractivity contribution is 0.0993. The lowest BCUT2D eigenvalue weighted by atomic mass is 10.0. The second-order valence-electron chi connectivity index (χ2n) is 3.89. The Balaban J connectivity index is 2.21. The molecule has 0 bridgehead atoms. The van der Waals surface area contributed by atoms with Crippen molar-refractivity contribution < 1.29 is 4.79 Å². The minimum Gasteiger partial charge on any atom is -0.294 e. The fourth-order valence-electron chi connectivity index (χ4n) is 1.66. The number of carbonyl (C=O) groups is 1. The number of hydrogen-bond acceptors (Lipinski definition) is 1. The molecule has 2 aromatic carbocycles. The molecule has 0 radical (unpaired) electrons. The van der Waals surface area contributed by atoms with Gasteiger partial charge in [0.05, 0.1) is 0 Å². The maximum atomic E-state index is 12.0. The zero-order valence-electron chi connectivity index (χ0n) is 9.29. The second kappa shape index (κ2) is 5.75. The minimum atomic E-state index is -0.0177. The Labute approximate surface area is 120 Å². The average Bonchev–Trinajstić information content (AvgIpc) is 2.27. The summed E-state index contributed by atoms with van der Waals surface area (Å²) in [6.45, 7) is 0. The van der Waals surface area contributed by atoms with Gasteiger partial charge < -0.3 is 0 Å². The molecule has 0 saturated carbocycles. The molecular formula is C14H9Cl3O. The van der Waals surface area contributed by atoms with Crippen LogP contribution in [0.2, 0.25) is 15.1 Å². The molecule has 0 atom stereocenters. The van der Waals surface area contributed by atoms with E-state index < -0.39 is 0 Å². The summed E-state index contributed by atoms with van der Waals surface area (Å²) in [5.41, 5.74) is 1.37. The van der Waals surface area contributed by atoms with E-state index in [4.69, 9.17) is 34.8 Å². The van der Waals surface area contributed by atoms with Gasteiger partial charge in [0.25, 0.3) is 0 Å². The fraction of sp³-hybridized carbons (Fsp3) is 0.0714. The number of Topliss-reactive ketones (excluding diaryl/α,β-unsaturated/α-hetero) is 1. The van der Waals surface area contributed by atoms with Crippen LogP contribution < -0.4 is 0 Å². The van der Waals surface area contributed by atoms with E-state index in [1.54, 1.807) is 42.5 Å². The molecule has 2 aromatic rings. The molecule has 0 saturated heterocycles. The van der Waals surface area contributed by atoms with Crippen LogP contribution in [-0.4, -0.2) is 5.78 Å². The van der Waals surface area contributed by atoms with Crippen molar-refractivity contribution in [2.24, 2.45) is 0 Å².